The molecule has 2 heteroatoms. The first-order valence-electron chi connectivity index (χ1n) is 6.12. The van der Waals surface area contributed by atoms with Crippen LogP contribution in [0.1, 0.15) is 45.1 Å². The molecular weight excluding hydrogens is 201 g/mol. The van der Waals surface area contributed by atoms with Gasteiger partial charge in [-0.3, -0.25) is 0 Å². The maximum absolute atomic E-state index is 12.9. The average Bonchev–Trinajstić information content (AvgIpc) is 2.70. The summed E-state index contributed by atoms with van der Waals surface area (Å²) in [5, 5.41) is 3.67. The Kier molecular flexibility index (Phi) is 3.29. The molecule has 0 radical (unpaired) electrons. The number of benzene rings is 1. The van der Waals surface area contributed by atoms with Crippen LogP contribution in [0.15, 0.2) is 24.3 Å². The van der Waals surface area contributed by atoms with Crippen LogP contribution in [0.3, 0.4) is 0 Å². The maximum atomic E-state index is 12.9. The predicted molar refractivity (Wildman–Crippen MR) is 64.8 cm³/mol. The lowest BCUT2D eigenvalue weighted by molar-refractivity contribution is 0.342. The molecule has 0 unspecified atom stereocenters. The molecule has 0 aliphatic heterocycles. The van der Waals surface area contributed by atoms with E-state index in [1.54, 1.807) is 0 Å². The van der Waals surface area contributed by atoms with E-state index in [0.717, 1.165) is 5.56 Å². The average molecular weight is 221 g/mol. The first-order valence-corrected chi connectivity index (χ1v) is 6.12. The highest BCUT2D eigenvalue weighted by atomic mass is 19.1. The van der Waals surface area contributed by atoms with Crippen molar-refractivity contribution < 1.29 is 4.39 Å². The molecule has 0 heterocycles. The largest absolute Gasteiger partial charge is 0.305 e. The standard InChI is InChI=1S/C14H20FN/c1-14(2,16-13-5-3-4-6-13)11-7-9-12(15)10-8-11/h7-10,13,16H,3-6H2,1-2H3. The second-order valence-corrected chi connectivity index (χ2v) is 5.26. The Morgan fingerprint density at radius 1 is 1.12 bits per heavy atom. The number of nitrogens with one attached hydrogen (secondary N) is 1. The third-order valence-electron chi connectivity index (χ3n) is 3.49. The summed E-state index contributed by atoms with van der Waals surface area (Å²) in [5.41, 5.74) is 1.09. The van der Waals surface area contributed by atoms with Gasteiger partial charge in [-0.1, -0.05) is 25.0 Å². The van der Waals surface area contributed by atoms with Crippen molar-refractivity contribution in [3.63, 3.8) is 0 Å². The van der Waals surface area contributed by atoms with E-state index in [2.05, 4.69) is 19.2 Å². The summed E-state index contributed by atoms with van der Waals surface area (Å²) in [5.74, 6) is -0.166. The molecule has 0 atom stereocenters. The van der Waals surface area contributed by atoms with Crippen LogP contribution in [0, 0.1) is 5.82 Å². The minimum absolute atomic E-state index is 0.0668. The van der Waals surface area contributed by atoms with Crippen molar-refractivity contribution in [3.8, 4) is 0 Å². The number of rotatable bonds is 3. The molecule has 1 aliphatic carbocycles. The van der Waals surface area contributed by atoms with E-state index in [1.807, 2.05) is 12.1 Å². The molecule has 1 N–H and O–H groups in total. The van der Waals surface area contributed by atoms with Gasteiger partial charge >= 0.3 is 0 Å². The fourth-order valence-corrected chi connectivity index (χ4v) is 2.53. The van der Waals surface area contributed by atoms with E-state index < -0.39 is 0 Å². The second kappa shape index (κ2) is 4.54. The quantitative estimate of drug-likeness (QED) is 0.822. The lowest BCUT2D eigenvalue weighted by Crippen LogP contribution is -2.42. The van der Waals surface area contributed by atoms with Crippen LogP contribution in [-0.2, 0) is 5.54 Å². The Labute approximate surface area is 97.1 Å². The topological polar surface area (TPSA) is 12.0 Å². The smallest absolute Gasteiger partial charge is 0.123 e. The van der Waals surface area contributed by atoms with Gasteiger partial charge in [0.2, 0.25) is 0 Å². The van der Waals surface area contributed by atoms with Crippen LogP contribution >= 0.6 is 0 Å². The maximum Gasteiger partial charge on any atom is 0.123 e. The molecule has 16 heavy (non-hydrogen) atoms. The summed E-state index contributed by atoms with van der Waals surface area (Å²) in [6, 6.07) is 7.44. The Bertz CT molecular complexity index is 336. The van der Waals surface area contributed by atoms with Crippen LogP contribution in [-0.4, -0.2) is 6.04 Å². The molecule has 1 aromatic rings. The zero-order valence-corrected chi connectivity index (χ0v) is 10.1. The Balaban J connectivity index is 2.07. The fourth-order valence-electron chi connectivity index (χ4n) is 2.53. The molecule has 0 spiro atoms. The van der Waals surface area contributed by atoms with Crippen molar-refractivity contribution in [2.24, 2.45) is 0 Å². The molecule has 1 nitrogen and oxygen atoms in total. The molecule has 1 fully saturated rings. The summed E-state index contributed by atoms with van der Waals surface area (Å²) in [4.78, 5) is 0. The zero-order chi connectivity index (χ0) is 11.6. The second-order valence-electron chi connectivity index (χ2n) is 5.26. The normalized spacial score (nSPS) is 17.9. The lowest BCUT2D eigenvalue weighted by atomic mass is 9.93. The molecule has 0 aromatic heterocycles. The summed E-state index contributed by atoms with van der Waals surface area (Å²) >= 11 is 0. The molecule has 1 saturated carbocycles. The van der Waals surface area contributed by atoms with Crippen LogP contribution in [0.4, 0.5) is 4.39 Å². The highest BCUT2D eigenvalue weighted by molar-refractivity contribution is 5.23. The molecule has 0 bridgehead atoms. The highest BCUT2D eigenvalue weighted by Crippen LogP contribution is 2.26. The summed E-state index contributed by atoms with van der Waals surface area (Å²) in [6.07, 6.45) is 5.20. The minimum atomic E-state index is -0.166. The van der Waals surface area contributed by atoms with Gasteiger partial charge in [-0.05, 0) is 44.4 Å². The Morgan fingerprint density at radius 2 is 1.69 bits per heavy atom. The van der Waals surface area contributed by atoms with Crippen molar-refractivity contribution in [1.82, 2.24) is 5.32 Å². The number of hydrogen-bond donors (Lipinski definition) is 1. The van der Waals surface area contributed by atoms with Gasteiger partial charge < -0.3 is 5.32 Å². The SMILES string of the molecule is CC(C)(NC1CCCC1)c1ccc(F)cc1. The van der Waals surface area contributed by atoms with E-state index in [9.17, 15) is 4.39 Å². The molecule has 2 rings (SSSR count). The molecule has 1 aromatic carbocycles. The van der Waals surface area contributed by atoms with E-state index in [4.69, 9.17) is 0 Å². The summed E-state index contributed by atoms with van der Waals surface area (Å²) < 4.78 is 12.9. The van der Waals surface area contributed by atoms with Gasteiger partial charge in [0, 0.05) is 11.6 Å². The third-order valence-corrected chi connectivity index (χ3v) is 3.49. The Morgan fingerprint density at radius 3 is 2.25 bits per heavy atom. The molecule has 0 saturated heterocycles. The van der Waals surface area contributed by atoms with Crippen molar-refractivity contribution in [2.75, 3.05) is 0 Å². The highest BCUT2D eigenvalue weighted by Gasteiger charge is 2.25. The van der Waals surface area contributed by atoms with Crippen molar-refractivity contribution >= 4 is 0 Å². The van der Waals surface area contributed by atoms with Gasteiger partial charge in [-0.15, -0.1) is 0 Å². The summed E-state index contributed by atoms with van der Waals surface area (Å²) in [6.45, 7) is 4.33. The molecule has 1 aliphatic rings. The van der Waals surface area contributed by atoms with Gasteiger partial charge in [0.05, 0.1) is 0 Å². The van der Waals surface area contributed by atoms with Crippen molar-refractivity contribution in [1.29, 1.82) is 0 Å². The fraction of sp³-hybridized carbons (Fsp3) is 0.571. The van der Waals surface area contributed by atoms with Gasteiger partial charge in [0.1, 0.15) is 5.82 Å². The number of halogens is 1. The first-order chi connectivity index (χ1) is 7.58. The van der Waals surface area contributed by atoms with Crippen LogP contribution in [0.5, 0.6) is 0 Å². The van der Waals surface area contributed by atoms with E-state index in [0.29, 0.717) is 6.04 Å². The summed E-state index contributed by atoms with van der Waals surface area (Å²) in [7, 11) is 0. The van der Waals surface area contributed by atoms with Crippen LogP contribution in [0.2, 0.25) is 0 Å². The zero-order valence-electron chi connectivity index (χ0n) is 10.1. The van der Waals surface area contributed by atoms with Crippen LogP contribution in [0.25, 0.3) is 0 Å². The van der Waals surface area contributed by atoms with E-state index in [1.165, 1.54) is 37.8 Å². The Hall–Kier alpha value is -0.890. The van der Waals surface area contributed by atoms with Gasteiger partial charge in [-0.2, -0.15) is 0 Å². The van der Waals surface area contributed by atoms with E-state index in [-0.39, 0.29) is 11.4 Å². The minimum Gasteiger partial charge on any atom is -0.305 e. The molecule has 0 amide bonds. The predicted octanol–water partition coefficient (Wildman–Crippen LogP) is 3.59. The van der Waals surface area contributed by atoms with E-state index >= 15 is 0 Å². The van der Waals surface area contributed by atoms with Crippen LogP contribution < -0.4 is 5.32 Å². The monoisotopic (exact) mass is 221 g/mol. The first kappa shape index (κ1) is 11.6. The molecular formula is C14H20FN. The molecule has 88 valence electrons. The number of hydrogen-bond acceptors (Lipinski definition) is 1. The van der Waals surface area contributed by atoms with Crippen molar-refractivity contribution in [3.05, 3.63) is 35.6 Å². The van der Waals surface area contributed by atoms with Crippen molar-refractivity contribution in [2.45, 2.75) is 51.1 Å². The van der Waals surface area contributed by atoms with Gasteiger partial charge in [0.15, 0.2) is 0 Å². The van der Waals surface area contributed by atoms with Gasteiger partial charge in [0.25, 0.3) is 0 Å². The third kappa shape index (κ3) is 2.62. The van der Waals surface area contributed by atoms with Gasteiger partial charge in [-0.25, -0.2) is 4.39 Å². The lowest BCUT2D eigenvalue weighted by Gasteiger charge is -2.30.